The Morgan fingerprint density at radius 3 is 2.47 bits per heavy atom. The summed E-state index contributed by atoms with van der Waals surface area (Å²) in [5.74, 6) is 0.432. The lowest BCUT2D eigenvalue weighted by Crippen LogP contribution is -2.08. The molecule has 0 bridgehead atoms. The molecule has 0 aliphatic carbocycles. The van der Waals surface area contributed by atoms with Gasteiger partial charge in [-0.3, -0.25) is 4.79 Å². The molecule has 0 fully saturated rings. The Morgan fingerprint density at radius 2 is 1.93 bits per heavy atom. The van der Waals surface area contributed by atoms with E-state index < -0.39 is 0 Å². The molecule has 1 heterocycles. The second kappa shape index (κ2) is 3.69. The number of imidazole rings is 1. The topological polar surface area (TPSA) is 34.9 Å². The molecule has 2 aromatic rings. The van der Waals surface area contributed by atoms with Crippen molar-refractivity contribution in [2.45, 2.75) is 6.92 Å². The van der Waals surface area contributed by atoms with E-state index in [2.05, 4.69) is 4.98 Å². The first-order valence-corrected chi connectivity index (χ1v) is 4.77. The lowest BCUT2D eigenvalue weighted by Gasteiger charge is -2.01. The van der Waals surface area contributed by atoms with Crippen molar-refractivity contribution in [1.82, 2.24) is 9.55 Å². The average Bonchev–Trinajstić information content (AvgIpc) is 2.65. The Bertz CT molecular complexity index is 483. The van der Waals surface area contributed by atoms with Gasteiger partial charge in [0.05, 0.1) is 0 Å². The normalized spacial score (nSPS) is 10.3. The second-order valence-electron chi connectivity index (χ2n) is 3.56. The summed E-state index contributed by atoms with van der Waals surface area (Å²) in [4.78, 5) is 16.0. The first kappa shape index (κ1) is 9.65. The van der Waals surface area contributed by atoms with Crippen LogP contribution in [-0.2, 0) is 7.05 Å². The largest absolute Gasteiger partial charge is 0.331 e. The molecule has 0 saturated heterocycles. The van der Waals surface area contributed by atoms with Crippen molar-refractivity contribution in [3.63, 3.8) is 0 Å². The molecule has 0 spiro atoms. The standard InChI is InChI=1S/C12H12N2O/c1-9-3-5-10(6-4-9)11(15)12-13-7-8-14(12)2/h3-8H,1-2H3. The number of rotatable bonds is 2. The molecule has 0 aliphatic heterocycles. The number of aryl methyl sites for hydroxylation is 2. The third kappa shape index (κ3) is 1.81. The van der Waals surface area contributed by atoms with Crippen molar-refractivity contribution in [2.24, 2.45) is 7.05 Å². The summed E-state index contributed by atoms with van der Waals surface area (Å²) in [5, 5.41) is 0. The zero-order valence-corrected chi connectivity index (χ0v) is 8.77. The number of carbonyl (C=O) groups excluding carboxylic acids is 1. The van der Waals surface area contributed by atoms with Gasteiger partial charge in [-0.25, -0.2) is 4.98 Å². The number of ketones is 1. The van der Waals surface area contributed by atoms with Crippen LogP contribution in [0, 0.1) is 6.92 Å². The summed E-state index contributed by atoms with van der Waals surface area (Å²) in [7, 11) is 1.81. The molecule has 0 unspecified atom stereocenters. The second-order valence-corrected chi connectivity index (χ2v) is 3.56. The maximum absolute atomic E-state index is 12.0. The molecule has 0 radical (unpaired) electrons. The van der Waals surface area contributed by atoms with E-state index >= 15 is 0 Å². The summed E-state index contributed by atoms with van der Waals surface area (Å²) in [5.41, 5.74) is 1.82. The van der Waals surface area contributed by atoms with Crippen LogP contribution in [0.2, 0.25) is 0 Å². The molecule has 1 aromatic heterocycles. The van der Waals surface area contributed by atoms with Gasteiger partial charge in [0, 0.05) is 25.0 Å². The summed E-state index contributed by atoms with van der Waals surface area (Å²) in [6.45, 7) is 2.00. The molecule has 0 N–H and O–H groups in total. The number of benzene rings is 1. The van der Waals surface area contributed by atoms with Crippen LogP contribution < -0.4 is 0 Å². The van der Waals surface area contributed by atoms with Crippen molar-refractivity contribution in [3.8, 4) is 0 Å². The minimum atomic E-state index is -0.0394. The summed E-state index contributed by atoms with van der Waals surface area (Å²) < 4.78 is 1.72. The molecule has 15 heavy (non-hydrogen) atoms. The van der Waals surface area contributed by atoms with E-state index in [0.29, 0.717) is 11.4 Å². The fourth-order valence-corrected chi connectivity index (χ4v) is 1.42. The Hall–Kier alpha value is -1.90. The van der Waals surface area contributed by atoms with Crippen molar-refractivity contribution in [2.75, 3.05) is 0 Å². The van der Waals surface area contributed by atoms with Gasteiger partial charge in [-0.2, -0.15) is 0 Å². The number of carbonyl (C=O) groups is 1. The average molecular weight is 200 g/mol. The molecule has 1 aromatic carbocycles. The van der Waals surface area contributed by atoms with E-state index in [9.17, 15) is 4.79 Å². The molecule has 0 atom stereocenters. The maximum atomic E-state index is 12.0. The van der Waals surface area contributed by atoms with Crippen molar-refractivity contribution >= 4 is 5.78 Å². The third-order valence-corrected chi connectivity index (χ3v) is 2.34. The lowest BCUT2D eigenvalue weighted by molar-refractivity contribution is 0.102. The minimum Gasteiger partial charge on any atom is -0.331 e. The van der Waals surface area contributed by atoms with Gasteiger partial charge in [0.15, 0.2) is 5.82 Å². The number of aromatic nitrogens is 2. The van der Waals surface area contributed by atoms with Gasteiger partial charge >= 0.3 is 0 Å². The fourth-order valence-electron chi connectivity index (χ4n) is 1.42. The van der Waals surface area contributed by atoms with Crippen LogP contribution in [0.5, 0.6) is 0 Å². The van der Waals surface area contributed by atoms with Gasteiger partial charge in [-0.1, -0.05) is 29.8 Å². The quantitative estimate of drug-likeness (QED) is 0.694. The smallest absolute Gasteiger partial charge is 0.228 e. The number of nitrogens with zero attached hydrogens (tertiary/aromatic N) is 2. The molecular weight excluding hydrogens is 188 g/mol. The maximum Gasteiger partial charge on any atom is 0.228 e. The zero-order chi connectivity index (χ0) is 10.8. The van der Waals surface area contributed by atoms with Crippen LogP contribution >= 0.6 is 0 Å². The van der Waals surface area contributed by atoms with Gasteiger partial charge in [-0.15, -0.1) is 0 Å². The zero-order valence-electron chi connectivity index (χ0n) is 8.77. The predicted octanol–water partition coefficient (Wildman–Crippen LogP) is 1.96. The van der Waals surface area contributed by atoms with Crippen LogP contribution in [0.3, 0.4) is 0 Å². The lowest BCUT2D eigenvalue weighted by atomic mass is 10.1. The molecule has 0 aliphatic rings. The van der Waals surface area contributed by atoms with Gasteiger partial charge < -0.3 is 4.57 Å². The van der Waals surface area contributed by atoms with Gasteiger partial charge in [0.2, 0.25) is 5.78 Å². The Labute approximate surface area is 88.4 Å². The molecule has 3 nitrogen and oxygen atoms in total. The van der Waals surface area contributed by atoms with E-state index in [1.165, 1.54) is 0 Å². The highest BCUT2D eigenvalue weighted by Crippen LogP contribution is 2.08. The van der Waals surface area contributed by atoms with Crippen molar-refractivity contribution in [3.05, 3.63) is 53.6 Å². The third-order valence-electron chi connectivity index (χ3n) is 2.34. The van der Waals surface area contributed by atoms with Crippen LogP contribution in [0.15, 0.2) is 36.7 Å². The van der Waals surface area contributed by atoms with Crippen molar-refractivity contribution < 1.29 is 4.79 Å². The molecular formula is C12H12N2O. The van der Waals surface area contributed by atoms with Crippen LogP contribution in [-0.4, -0.2) is 15.3 Å². The van der Waals surface area contributed by atoms with Crippen LogP contribution in [0.4, 0.5) is 0 Å². The molecule has 3 heteroatoms. The first-order chi connectivity index (χ1) is 7.18. The highest BCUT2D eigenvalue weighted by molar-refractivity contribution is 6.06. The number of hydrogen-bond acceptors (Lipinski definition) is 2. The van der Waals surface area contributed by atoms with Crippen LogP contribution in [0.1, 0.15) is 21.7 Å². The van der Waals surface area contributed by atoms with E-state index in [1.807, 2.05) is 38.2 Å². The Balaban J connectivity index is 2.37. The highest BCUT2D eigenvalue weighted by Gasteiger charge is 2.12. The molecule has 0 saturated carbocycles. The fraction of sp³-hybridized carbons (Fsp3) is 0.167. The SMILES string of the molecule is Cc1ccc(C(=O)c2nccn2C)cc1. The van der Waals surface area contributed by atoms with E-state index in [1.54, 1.807) is 17.0 Å². The Kier molecular flexibility index (Phi) is 2.37. The summed E-state index contributed by atoms with van der Waals surface area (Å²) in [6.07, 6.45) is 3.39. The first-order valence-electron chi connectivity index (χ1n) is 4.77. The van der Waals surface area contributed by atoms with Gasteiger partial charge in [0.1, 0.15) is 0 Å². The summed E-state index contributed by atoms with van der Waals surface area (Å²) in [6, 6.07) is 7.50. The van der Waals surface area contributed by atoms with Gasteiger partial charge in [-0.05, 0) is 6.92 Å². The summed E-state index contributed by atoms with van der Waals surface area (Å²) >= 11 is 0. The molecule has 0 amide bonds. The highest BCUT2D eigenvalue weighted by atomic mass is 16.1. The van der Waals surface area contributed by atoms with E-state index in [-0.39, 0.29) is 5.78 Å². The van der Waals surface area contributed by atoms with Crippen molar-refractivity contribution in [1.29, 1.82) is 0 Å². The monoisotopic (exact) mass is 200 g/mol. The minimum absolute atomic E-state index is 0.0394. The van der Waals surface area contributed by atoms with Crippen LogP contribution in [0.25, 0.3) is 0 Å². The molecule has 2 rings (SSSR count). The number of hydrogen-bond donors (Lipinski definition) is 0. The predicted molar refractivity (Wildman–Crippen MR) is 57.8 cm³/mol. The Morgan fingerprint density at radius 1 is 1.27 bits per heavy atom. The molecule has 76 valence electrons. The van der Waals surface area contributed by atoms with E-state index in [0.717, 1.165) is 5.56 Å². The van der Waals surface area contributed by atoms with E-state index in [4.69, 9.17) is 0 Å². The van der Waals surface area contributed by atoms with Gasteiger partial charge in [0.25, 0.3) is 0 Å².